The van der Waals surface area contributed by atoms with Gasteiger partial charge in [0.2, 0.25) is 0 Å². The highest BCUT2D eigenvalue weighted by Crippen LogP contribution is 2.29. The van der Waals surface area contributed by atoms with Crippen molar-refractivity contribution < 1.29 is 28.3 Å². The molecule has 0 aliphatic carbocycles. The molecule has 2 fully saturated rings. The van der Waals surface area contributed by atoms with Crippen LogP contribution in [0.5, 0.6) is 0 Å². The molecule has 2 aliphatic rings. The smallest absolute Gasteiger partial charge is 0.414 e. The first kappa shape index (κ1) is 20.8. The summed E-state index contributed by atoms with van der Waals surface area (Å²) in [6, 6.07) is 3.93. The van der Waals surface area contributed by atoms with Gasteiger partial charge in [-0.1, -0.05) is 0 Å². The number of halogens is 1. The van der Waals surface area contributed by atoms with Crippen molar-refractivity contribution in [3.05, 3.63) is 24.0 Å². The molecule has 1 aromatic rings. The van der Waals surface area contributed by atoms with Gasteiger partial charge in [0.1, 0.15) is 17.7 Å². The minimum absolute atomic E-state index is 0.0267. The van der Waals surface area contributed by atoms with Crippen LogP contribution < -0.4 is 21.1 Å². The number of rotatable bonds is 5. The fourth-order valence-corrected chi connectivity index (χ4v) is 3.29. The molecule has 10 nitrogen and oxygen atoms in total. The van der Waals surface area contributed by atoms with Gasteiger partial charge in [0.05, 0.1) is 31.1 Å². The van der Waals surface area contributed by atoms with Crippen molar-refractivity contribution in [3.8, 4) is 0 Å². The van der Waals surface area contributed by atoms with E-state index in [9.17, 15) is 18.8 Å². The Hall–Kier alpha value is -2.92. The molecule has 2 aliphatic heterocycles. The van der Waals surface area contributed by atoms with E-state index in [1.54, 1.807) is 17.0 Å². The van der Waals surface area contributed by atoms with E-state index in [0.717, 1.165) is 5.06 Å². The Labute approximate surface area is 167 Å². The molecule has 1 atom stereocenters. The Balaban J connectivity index is 1.66. The van der Waals surface area contributed by atoms with E-state index in [1.165, 1.54) is 17.9 Å². The summed E-state index contributed by atoms with van der Waals surface area (Å²) >= 11 is 0. The van der Waals surface area contributed by atoms with Crippen LogP contribution in [0.1, 0.15) is 19.8 Å². The standard InChI is InChI=1S/C18H24FN5O5/c1-12(25)2-4-14-11-23(18(27)29-14)13-3-5-16(15(19)10-13)22-6-7-24(17(26)21-20)28-9-8-22/h3,5,10,14H,2,4,6-9,11,20H2,1H3,(H,21,26)/t14-/m0/s1. The zero-order valence-electron chi connectivity index (χ0n) is 16.1. The number of hydrazine groups is 1. The molecule has 2 heterocycles. The summed E-state index contributed by atoms with van der Waals surface area (Å²) in [5.41, 5.74) is 2.72. The van der Waals surface area contributed by atoms with E-state index >= 15 is 0 Å². The summed E-state index contributed by atoms with van der Waals surface area (Å²) < 4.78 is 20.1. The monoisotopic (exact) mass is 409 g/mol. The maximum absolute atomic E-state index is 14.8. The third-order valence-corrected chi connectivity index (χ3v) is 4.81. The van der Waals surface area contributed by atoms with Gasteiger partial charge in [-0.05, 0) is 31.5 Å². The number of ketones is 1. The fraction of sp³-hybridized carbons (Fsp3) is 0.500. The van der Waals surface area contributed by atoms with Crippen molar-refractivity contribution in [2.45, 2.75) is 25.9 Å². The normalized spacial score (nSPS) is 19.8. The number of amides is 3. The summed E-state index contributed by atoms with van der Waals surface area (Å²) in [6.45, 7) is 2.88. The van der Waals surface area contributed by atoms with Crippen LogP contribution >= 0.6 is 0 Å². The second-order valence-corrected chi connectivity index (χ2v) is 6.86. The van der Waals surface area contributed by atoms with Crippen LogP contribution in [0.4, 0.5) is 25.4 Å². The van der Waals surface area contributed by atoms with E-state index in [2.05, 4.69) is 0 Å². The lowest BCUT2D eigenvalue weighted by Crippen LogP contribution is -2.44. The van der Waals surface area contributed by atoms with Crippen molar-refractivity contribution in [2.75, 3.05) is 42.6 Å². The van der Waals surface area contributed by atoms with Crippen molar-refractivity contribution in [1.82, 2.24) is 10.5 Å². The third-order valence-electron chi connectivity index (χ3n) is 4.81. The number of hydrogen-bond donors (Lipinski definition) is 2. The zero-order chi connectivity index (χ0) is 21.0. The first-order chi connectivity index (χ1) is 13.9. The molecular formula is C18H24FN5O5. The number of ether oxygens (including phenoxy) is 1. The lowest BCUT2D eigenvalue weighted by atomic mass is 10.1. The Kier molecular flexibility index (Phi) is 6.49. The highest BCUT2D eigenvalue weighted by molar-refractivity contribution is 5.90. The Bertz CT molecular complexity index is 792. The quantitative estimate of drug-likeness (QED) is 0.426. The zero-order valence-corrected chi connectivity index (χ0v) is 16.1. The highest BCUT2D eigenvalue weighted by Gasteiger charge is 2.33. The van der Waals surface area contributed by atoms with Gasteiger partial charge >= 0.3 is 12.1 Å². The van der Waals surface area contributed by atoms with E-state index < -0.39 is 24.0 Å². The fourth-order valence-electron chi connectivity index (χ4n) is 3.29. The van der Waals surface area contributed by atoms with Gasteiger partial charge in [0.15, 0.2) is 0 Å². The number of nitrogens with two attached hydrogens (primary N) is 1. The Morgan fingerprint density at radius 3 is 2.79 bits per heavy atom. The van der Waals surface area contributed by atoms with Gasteiger partial charge in [0, 0.05) is 19.5 Å². The van der Waals surface area contributed by atoms with Crippen LogP contribution in [0.25, 0.3) is 0 Å². The van der Waals surface area contributed by atoms with Crippen molar-refractivity contribution in [1.29, 1.82) is 0 Å². The maximum atomic E-state index is 14.8. The van der Waals surface area contributed by atoms with Gasteiger partial charge in [-0.15, -0.1) is 0 Å². The Morgan fingerprint density at radius 1 is 1.31 bits per heavy atom. The molecule has 3 N–H and O–H groups in total. The SMILES string of the molecule is CC(=O)CC[C@H]1CN(c2ccc(N3CCON(C(=O)NN)CC3)c(F)c2)C(=O)O1. The first-order valence-corrected chi connectivity index (χ1v) is 9.32. The van der Waals surface area contributed by atoms with Crippen LogP contribution in [0.3, 0.4) is 0 Å². The molecule has 0 bridgehead atoms. The van der Waals surface area contributed by atoms with Crippen LogP contribution in [-0.4, -0.2) is 61.9 Å². The van der Waals surface area contributed by atoms with Crippen LogP contribution in [0.15, 0.2) is 18.2 Å². The average Bonchev–Trinajstić information content (AvgIpc) is 2.90. The van der Waals surface area contributed by atoms with Crippen molar-refractivity contribution in [3.63, 3.8) is 0 Å². The summed E-state index contributed by atoms with van der Waals surface area (Å²) in [5, 5.41) is 1.09. The molecule has 2 saturated heterocycles. The molecule has 3 amide bonds. The lowest BCUT2D eigenvalue weighted by Gasteiger charge is -2.23. The van der Waals surface area contributed by atoms with Crippen molar-refractivity contribution >= 4 is 29.3 Å². The number of cyclic esters (lactones) is 1. The third kappa shape index (κ3) is 4.93. The van der Waals surface area contributed by atoms with Crippen LogP contribution in [-0.2, 0) is 14.4 Å². The summed E-state index contributed by atoms with van der Waals surface area (Å²) in [5.74, 6) is 4.63. The van der Waals surface area contributed by atoms with Crippen LogP contribution in [0.2, 0.25) is 0 Å². The minimum atomic E-state index is -0.574. The number of anilines is 2. The molecule has 0 spiro atoms. The number of urea groups is 1. The number of nitrogens with zero attached hydrogens (tertiary/aromatic N) is 3. The number of Topliss-reactive ketones (excluding diaryl/α,β-unsaturated/α-hetero) is 1. The highest BCUT2D eigenvalue weighted by atomic mass is 19.1. The van der Waals surface area contributed by atoms with Crippen LogP contribution in [0, 0.1) is 5.82 Å². The van der Waals surface area contributed by atoms with Gasteiger partial charge in [0.25, 0.3) is 0 Å². The van der Waals surface area contributed by atoms with E-state index in [1.807, 2.05) is 5.43 Å². The number of hydrogen-bond acceptors (Lipinski definition) is 7. The predicted molar refractivity (Wildman–Crippen MR) is 102 cm³/mol. The molecule has 3 rings (SSSR count). The van der Waals surface area contributed by atoms with E-state index in [4.69, 9.17) is 15.4 Å². The molecule has 0 aromatic heterocycles. The molecule has 0 radical (unpaired) electrons. The Morgan fingerprint density at radius 2 is 2.10 bits per heavy atom. The number of benzene rings is 1. The number of hydroxylamine groups is 2. The predicted octanol–water partition coefficient (Wildman–Crippen LogP) is 1.16. The number of carbonyl (C=O) groups is 3. The second-order valence-electron chi connectivity index (χ2n) is 6.86. The molecule has 1 aromatic carbocycles. The molecular weight excluding hydrogens is 385 g/mol. The minimum Gasteiger partial charge on any atom is -0.444 e. The second kappa shape index (κ2) is 9.05. The van der Waals surface area contributed by atoms with E-state index in [0.29, 0.717) is 37.3 Å². The molecule has 29 heavy (non-hydrogen) atoms. The molecule has 0 unspecified atom stereocenters. The van der Waals surface area contributed by atoms with Gasteiger partial charge < -0.3 is 14.4 Å². The maximum Gasteiger partial charge on any atom is 0.414 e. The largest absolute Gasteiger partial charge is 0.444 e. The van der Waals surface area contributed by atoms with Gasteiger partial charge in [-0.25, -0.2) is 24.9 Å². The molecule has 0 saturated carbocycles. The summed E-state index contributed by atoms with van der Waals surface area (Å²) in [4.78, 5) is 43.2. The first-order valence-electron chi connectivity index (χ1n) is 9.32. The van der Waals surface area contributed by atoms with E-state index in [-0.39, 0.29) is 25.5 Å². The number of carbonyl (C=O) groups excluding carboxylic acids is 3. The lowest BCUT2D eigenvalue weighted by molar-refractivity contribution is -0.117. The van der Waals surface area contributed by atoms with Crippen molar-refractivity contribution in [2.24, 2.45) is 5.84 Å². The van der Waals surface area contributed by atoms with Gasteiger partial charge in [-0.3, -0.25) is 15.2 Å². The topological polar surface area (TPSA) is 117 Å². The molecule has 158 valence electrons. The summed E-state index contributed by atoms with van der Waals surface area (Å²) in [7, 11) is 0. The summed E-state index contributed by atoms with van der Waals surface area (Å²) in [6.07, 6.45) is -0.178. The van der Waals surface area contributed by atoms with Gasteiger partial charge in [-0.2, -0.15) is 0 Å². The average molecular weight is 409 g/mol. The number of nitrogens with one attached hydrogen (secondary N) is 1. The molecule has 11 heteroatoms.